The predicted octanol–water partition coefficient (Wildman–Crippen LogP) is 3.72. The van der Waals surface area contributed by atoms with Crippen molar-refractivity contribution >= 4 is 28.6 Å². The lowest BCUT2D eigenvalue weighted by molar-refractivity contribution is 0.0946. The summed E-state index contributed by atoms with van der Waals surface area (Å²) in [5.41, 5.74) is 1.39. The van der Waals surface area contributed by atoms with Crippen LogP contribution < -0.4 is 5.32 Å². The third-order valence-electron chi connectivity index (χ3n) is 4.17. The highest BCUT2D eigenvalue weighted by molar-refractivity contribution is 7.14. The van der Waals surface area contributed by atoms with Crippen molar-refractivity contribution in [3.8, 4) is 0 Å². The first-order valence-electron chi connectivity index (χ1n) is 7.75. The summed E-state index contributed by atoms with van der Waals surface area (Å²) in [6.07, 6.45) is 4.79. The van der Waals surface area contributed by atoms with Crippen LogP contribution in [0.5, 0.6) is 0 Å². The lowest BCUT2D eigenvalue weighted by atomic mass is 9.99. The second-order valence-corrected chi connectivity index (χ2v) is 8.09. The monoisotopic (exact) mass is 334 g/mol. The van der Waals surface area contributed by atoms with Gasteiger partial charge in [0.15, 0.2) is 0 Å². The van der Waals surface area contributed by atoms with Crippen LogP contribution in [-0.4, -0.2) is 31.4 Å². The van der Waals surface area contributed by atoms with Crippen LogP contribution in [0.25, 0.3) is 0 Å². The molecular formula is C17H22N2OS2. The quantitative estimate of drug-likeness (QED) is 0.904. The van der Waals surface area contributed by atoms with Crippen LogP contribution in [-0.2, 0) is 12.8 Å². The minimum absolute atomic E-state index is 0.0720. The Morgan fingerprint density at radius 2 is 2.18 bits per heavy atom. The van der Waals surface area contributed by atoms with E-state index >= 15 is 0 Å². The van der Waals surface area contributed by atoms with Gasteiger partial charge in [0.05, 0.1) is 10.9 Å². The summed E-state index contributed by atoms with van der Waals surface area (Å²) in [4.78, 5) is 18.2. The number of hydrogen-bond donors (Lipinski definition) is 1. The molecule has 118 valence electrons. The molecule has 0 saturated heterocycles. The number of fused-ring (bicyclic) bond motifs is 1. The van der Waals surface area contributed by atoms with Crippen molar-refractivity contribution in [1.82, 2.24) is 10.2 Å². The van der Waals surface area contributed by atoms with E-state index in [9.17, 15) is 4.79 Å². The molecule has 0 aromatic carbocycles. The number of nitrogens with one attached hydrogen (secondary N) is 1. The van der Waals surface area contributed by atoms with E-state index in [4.69, 9.17) is 0 Å². The Bertz CT molecular complexity index is 608. The van der Waals surface area contributed by atoms with Crippen LogP contribution in [0.2, 0.25) is 0 Å². The standard InChI is InChI=1S/C17H22N2OS2/c1-19(2)13(15-8-5-9-21-15)11-18-17(20)16-10-12-6-3-4-7-14(12)22-16/h5,8-10,13H,3-4,6-7,11H2,1-2H3,(H,18,20). The molecule has 0 spiro atoms. The Hall–Kier alpha value is -1.17. The molecule has 3 rings (SSSR count). The van der Waals surface area contributed by atoms with Gasteiger partial charge in [-0.05, 0) is 62.9 Å². The summed E-state index contributed by atoms with van der Waals surface area (Å²) in [7, 11) is 4.11. The van der Waals surface area contributed by atoms with Gasteiger partial charge >= 0.3 is 0 Å². The van der Waals surface area contributed by atoms with E-state index in [1.807, 2.05) is 0 Å². The highest BCUT2D eigenvalue weighted by Gasteiger charge is 2.20. The van der Waals surface area contributed by atoms with Crippen molar-refractivity contribution in [3.05, 3.63) is 43.8 Å². The average molecular weight is 335 g/mol. The number of thiophene rings is 2. The molecule has 0 saturated carbocycles. The molecule has 0 bridgehead atoms. The fraction of sp³-hybridized carbons (Fsp3) is 0.471. The molecule has 1 N–H and O–H groups in total. The van der Waals surface area contributed by atoms with Gasteiger partial charge in [-0.2, -0.15) is 0 Å². The van der Waals surface area contributed by atoms with Gasteiger partial charge < -0.3 is 10.2 Å². The maximum absolute atomic E-state index is 12.4. The van der Waals surface area contributed by atoms with Crippen LogP contribution in [0.4, 0.5) is 0 Å². The summed E-state index contributed by atoms with van der Waals surface area (Å²) in [6, 6.07) is 6.53. The van der Waals surface area contributed by atoms with Gasteiger partial charge in [0.25, 0.3) is 5.91 Å². The number of aryl methyl sites for hydroxylation is 2. The molecule has 22 heavy (non-hydrogen) atoms. The molecule has 0 aliphatic heterocycles. The van der Waals surface area contributed by atoms with E-state index in [1.54, 1.807) is 22.7 Å². The average Bonchev–Trinajstić information content (AvgIpc) is 3.16. The molecular weight excluding hydrogens is 312 g/mol. The van der Waals surface area contributed by atoms with E-state index in [1.165, 1.54) is 28.2 Å². The van der Waals surface area contributed by atoms with E-state index < -0.39 is 0 Å². The molecule has 2 aromatic rings. The van der Waals surface area contributed by atoms with Gasteiger partial charge in [0.2, 0.25) is 0 Å². The minimum atomic E-state index is 0.0720. The van der Waals surface area contributed by atoms with Gasteiger partial charge in [0, 0.05) is 16.3 Å². The Morgan fingerprint density at radius 3 is 2.86 bits per heavy atom. The number of rotatable bonds is 5. The van der Waals surface area contributed by atoms with Gasteiger partial charge in [-0.15, -0.1) is 22.7 Å². The van der Waals surface area contributed by atoms with Crippen molar-refractivity contribution in [1.29, 1.82) is 0 Å². The lowest BCUT2D eigenvalue weighted by Crippen LogP contribution is -2.33. The summed E-state index contributed by atoms with van der Waals surface area (Å²) in [5.74, 6) is 0.0720. The minimum Gasteiger partial charge on any atom is -0.349 e. The lowest BCUT2D eigenvalue weighted by Gasteiger charge is -2.23. The van der Waals surface area contributed by atoms with Gasteiger partial charge in [0.1, 0.15) is 0 Å². The summed E-state index contributed by atoms with van der Waals surface area (Å²) < 4.78 is 0. The second-order valence-electron chi connectivity index (χ2n) is 5.97. The molecule has 1 unspecified atom stereocenters. The predicted molar refractivity (Wildman–Crippen MR) is 94.0 cm³/mol. The van der Waals surface area contributed by atoms with E-state index in [-0.39, 0.29) is 11.9 Å². The summed E-state index contributed by atoms with van der Waals surface area (Å²) in [5, 5.41) is 5.20. The molecule has 1 atom stereocenters. The molecule has 1 aliphatic rings. The molecule has 2 heterocycles. The highest BCUT2D eigenvalue weighted by Crippen LogP contribution is 2.30. The summed E-state index contributed by atoms with van der Waals surface area (Å²) in [6.45, 7) is 0.648. The SMILES string of the molecule is CN(C)C(CNC(=O)c1cc2c(s1)CCCC2)c1cccs1. The molecule has 5 heteroatoms. The van der Waals surface area contributed by atoms with Gasteiger partial charge in [-0.25, -0.2) is 0 Å². The topological polar surface area (TPSA) is 32.3 Å². The van der Waals surface area contributed by atoms with Crippen molar-refractivity contribution < 1.29 is 4.79 Å². The largest absolute Gasteiger partial charge is 0.349 e. The smallest absolute Gasteiger partial charge is 0.261 e. The third kappa shape index (κ3) is 3.42. The number of nitrogens with zero attached hydrogens (tertiary/aromatic N) is 1. The third-order valence-corrected chi connectivity index (χ3v) is 6.38. The fourth-order valence-electron chi connectivity index (χ4n) is 2.90. The van der Waals surface area contributed by atoms with Gasteiger partial charge in [-0.1, -0.05) is 6.07 Å². The Labute approximate surface area is 140 Å². The Balaban J connectivity index is 1.65. The maximum atomic E-state index is 12.4. The van der Waals surface area contributed by atoms with Crippen LogP contribution in [0.1, 0.15) is 43.9 Å². The molecule has 1 aliphatic carbocycles. The van der Waals surface area contributed by atoms with Crippen molar-refractivity contribution in [2.75, 3.05) is 20.6 Å². The summed E-state index contributed by atoms with van der Waals surface area (Å²) >= 11 is 3.42. The first kappa shape index (κ1) is 15.7. The number of likely N-dealkylation sites (N-methyl/N-ethyl adjacent to an activating group) is 1. The van der Waals surface area contributed by atoms with Gasteiger partial charge in [-0.3, -0.25) is 4.79 Å². The number of hydrogen-bond acceptors (Lipinski definition) is 4. The molecule has 3 nitrogen and oxygen atoms in total. The maximum Gasteiger partial charge on any atom is 0.261 e. The fourth-order valence-corrected chi connectivity index (χ4v) is 4.99. The molecule has 0 fully saturated rings. The zero-order valence-electron chi connectivity index (χ0n) is 13.1. The number of carbonyl (C=O) groups excluding carboxylic acids is 1. The normalized spacial score (nSPS) is 15.6. The van der Waals surface area contributed by atoms with Crippen LogP contribution in [0, 0.1) is 0 Å². The van der Waals surface area contributed by atoms with E-state index in [0.29, 0.717) is 6.54 Å². The first-order chi connectivity index (χ1) is 10.6. The zero-order valence-corrected chi connectivity index (χ0v) is 14.7. The number of amides is 1. The second kappa shape index (κ2) is 6.94. The van der Waals surface area contributed by atoms with Crippen LogP contribution >= 0.6 is 22.7 Å². The first-order valence-corrected chi connectivity index (χ1v) is 9.44. The van der Waals surface area contributed by atoms with Crippen LogP contribution in [0.15, 0.2) is 23.6 Å². The van der Waals surface area contributed by atoms with Crippen molar-refractivity contribution in [2.24, 2.45) is 0 Å². The number of carbonyl (C=O) groups is 1. The Morgan fingerprint density at radius 1 is 1.36 bits per heavy atom. The van der Waals surface area contributed by atoms with E-state index in [0.717, 1.165) is 17.7 Å². The molecule has 0 radical (unpaired) electrons. The van der Waals surface area contributed by atoms with Crippen LogP contribution in [0.3, 0.4) is 0 Å². The van der Waals surface area contributed by atoms with Crippen molar-refractivity contribution in [3.63, 3.8) is 0 Å². The highest BCUT2D eigenvalue weighted by atomic mass is 32.1. The van der Waals surface area contributed by atoms with Crippen molar-refractivity contribution in [2.45, 2.75) is 31.7 Å². The Kier molecular flexibility index (Phi) is 4.96. The zero-order chi connectivity index (χ0) is 15.5. The molecule has 2 aromatic heterocycles. The van der Waals surface area contributed by atoms with E-state index in [2.05, 4.69) is 47.9 Å². The molecule has 1 amide bonds.